The number of esters is 1. The molecule has 0 saturated heterocycles. The number of benzene rings is 2. The number of non-ortho nitro benzene ring substituents is 1. The van der Waals surface area contributed by atoms with E-state index in [1.165, 1.54) is 31.4 Å². The van der Waals surface area contributed by atoms with Gasteiger partial charge in [-0.2, -0.15) is 0 Å². The number of aliphatic hydroxyl groups excluding tert-OH is 1. The van der Waals surface area contributed by atoms with Crippen LogP contribution < -0.4 is 5.32 Å². The van der Waals surface area contributed by atoms with Crippen molar-refractivity contribution in [3.63, 3.8) is 0 Å². The SMILES string of the molecule is COC(=O)C(O)C(NCc1ccccc1)c1ccc([N+](=O)[O-])cc1. The summed E-state index contributed by atoms with van der Waals surface area (Å²) in [5.41, 5.74) is 1.46. The summed E-state index contributed by atoms with van der Waals surface area (Å²) in [5, 5.41) is 24.1. The number of nitro groups is 1. The second kappa shape index (κ2) is 8.19. The first-order valence-corrected chi connectivity index (χ1v) is 7.30. The van der Waals surface area contributed by atoms with Gasteiger partial charge < -0.3 is 15.2 Å². The van der Waals surface area contributed by atoms with Crippen LogP contribution in [0.5, 0.6) is 0 Å². The number of rotatable bonds is 7. The number of aliphatic hydroxyl groups is 1. The molecule has 0 aliphatic rings. The van der Waals surface area contributed by atoms with E-state index in [1.54, 1.807) is 0 Å². The fourth-order valence-corrected chi connectivity index (χ4v) is 2.30. The van der Waals surface area contributed by atoms with Crippen molar-refractivity contribution in [1.82, 2.24) is 5.32 Å². The number of nitro benzene ring substituents is 1. The summed E-state index contributed by atoms with van der Waals surface area (Å²) in [4.78, 5) is 21.9. The van der Waals surface area contributed by atoms with Crippen LogP contribution in [0.1, 0.15) is 17.2 Å². The molecule has 24 heavy (non-hydrogen) atoms. The lowest BCUT2D eigenvalue weighted by atomic mass is 10.0. The van der Waals surface area contributed by atoms with E-state index in [2.05, 4.69) is 10.1 Å². The van der Waals surface area contributed by atoms with Crippen molar-refractivity contribution in [2.75, 3.05) is 7.11 Å². The zero-order chi connectivity index (χ0) is 17.5. The van der Waals surface area contributed by atoms with E-state index in [9.17, 15) is 20.0 Å². The van der Waals surface area contributed by atoms with E-state index >= 15 is 0 Å². The maximum Gasteiger partial charge on any atom is 0.336 e. The molecule has 7 nitrogen and oxygen atoms in total. The van der Waals surface area contributed by atoms with Crippen molar-refractivity contribution in [2.24, 2.45) is 0 Å². The first-order valence-electron chi connectivity index (χ1n) is 7.30. The summed E-state index contributed by atoms with van der Waals surface area (Å²) < 4.78 is 4.59. The van der Waals surface area contributed by atoms with E-state index in [-0.39, 0.29) is 5.69 Å². The smallest absolute Gasteiger partial charge is 0.336 e. The van der Waals surface area contributed by atoms with Crippen LogP contribution in [0.4, 0.5) is 5.69 Å². The number of carbonyl (C=O) groups excluding carboxylic acids is 1. The standard InChI is InChI=1S/C17H18N2O5/c1-24-17(21)16(20)15(18-11-12-5-3-2-4-6-12)13-7-9-14(10-8-13)19(22)23/h2-10,15-16,18,20H,11H2,1H3. The highest BCUT2D eigenvalue weighted by Gasteiger charge is 2.28. The van der Waals surface area contributed by atoms with Crippen molar-refractivity contribution >= 4 is 11.7 Å². The van der Waals surface area contributed by atoms with Crippen LogP contribution in [0.15, 0.2) is 54.6 Å². The summed E-state index contributed by atoms with van der Waals surface area (Å²) in [6, 6.07) is 14.4. The number of hydrogen-bond donors (Lipinski definition) is 2. The Kier molecular flexibility index (Phi) is 6.00. The first kappa shape index (κ1) is 17.6. The third-order valence-corrected chi connectivity index (χ3v) is 3.59. The molecule has 0 spiro atoms. The molecule has 2 aromatic rings. The molecular weight excluding hydrogens is 312 g/mol. The average molecular weight is 330 g/mol. The molecule has 2 N–H and O–H groups in total. The molecule has 0 bridgehead atoms. The van der Waals surface area contributed by atoms with E-state index in [4.69, 9.17) is 0 Å². The first-order chi connectivity index (χ1) is 11.5. The van der Waals surface area contributed by atoms with Gasteiger partial charge in [0, 0.05) is 18.7 Å². The van der Waals surface area contributed by atoms with Crippen LogP contribution in [0, 0.1) is 10.1 Å². The van der Waals surface area contributed by atoms with E-state index < -0.39 is 23.0 Å². The summed E-state index contributed by atoms with van der Waals surface area (Å²) in [7, 11) is 1.19. The van der Waals surface area contributed by atoms with Crippen LogP contribution >= 0.6 is 0 Å². The summed E-state index contributed by atoms with van der Waals surface area (Å²) >= 11 is 0. The molecule has 0 amide bonds. The Morgan fingerprint density at radius 2 is 1.83 bits per heavy atom. The molecule has 0 radical (unpaired) electrons. The summed E-state index contributed by atoms with van der Waals surface area (Å²) in [6.45, 7) is 0.413. The summed E-state index contributed by atoms with van der Waals surface area (Å²) in [6.07, 6.45) is -1.43. The molecule has 0 aromatic heterocycles. The Morgan fingerprint density at radius 1 is 1.21 bits per heavy atom. The van der Waals surface area contributed by atoms with Crippen LogP contribution in [-0.2, 0) is 16.1 Å². The highest BCUT2D eigenvalue weighted by Crippen LogP contribution is 2.22. The van der Waals surface area contributed by atoms with Gasteiger partial charge in [0.1, 0.15) is 0 Å². The molecule has 126 valence electrons. The second-order valence-electron chi connectivity index (χ2n) is 5.16. The number of nitrogens with zero attached hydrogens (tertiary/aromatic N) is 1. The minimum absolute atomic E-state index is 0.0619. The predicted molar refractivity (Wildman–Crippen MR) is 87.1 cm³/mol. The highest BCUT2D eigenvalue weighted by molar-refractivity contribution is 5.75. The van der Waals surface area contributed by atoms with E-state index in [0.29, 0.717) is 12.1 Å². The quantitative estimate of drug-likeness (QED) is 0.457. The molecule has 0 heterocycles. The van der Waals surface area contributed by atoms with Crippen molar-refractivity contribution in [1.29, 1.82) is 0 Å². The zero-order valence-corrected chi connectivity index (χ0v) is 13.1. The van der Waals surface area contributed by atoms with Gasteiger partial charge in [-0.3, -0.25) is 10.1 Å². The third-order valence-electron chi connectivity index (χ3n) is 3.59. The zero-order valence-electron chi connectivity index (χ0n) is 13.1. The molecule has 7 heteroatoms. The van der Waals surface area contributed by atoms with E-state index in [1.807, 2.05) is 30.3 Å². The van der Waals surface area contributed by atoms with Crippen LogP contribution in [0.25, 0.3) is 0 Å². The van der Waals surface area contributed by atoms with E-state index in [0.717, 1.165) is 5.56 Å². The Labute approximate surface area is 139 Å². The lowest BCUT2D eigenvalue weighted by Crippen LogP contribution is -2.37. The molecule has 0 fully saturated rings. The predicted octanol–water partition coefficient (Wildman–Crippen LogP) is 1.96. The largest absolute Gasteiger partial charge is 0.467 e. The van der Waals surface area contributed by atoms with Gasteiger partial charge in [-0.1, -0.05) is 42.5 Å². The fourth-order valence-electron chi connectivity index (χ4n) is 2.30. The Balaban J connectivity index is 2.21. The van der Waals surface area contributed by atoms with Gasteiger partial charge in [-0.05, 0) is 11.1 Å². The Hall–Kier alpha value is -2.77. The van der Waals surface area contributed by atoms with Crippen molar-refractivity contribution < 1.29 is 19.6 Å². The number of hydrogen-bond acceptors (Lipinski definition) is 6. The second-order valence-corrected chi connectivity index (χ2v) is 5.16. The Morgan fingerprint density at radius 3 is 2.38 bits per heavy atom. The monoisotopic (exact) mass is 330 g/mol. The third kappa shape index (κ3) is 4.37. The van der Waals surface area contributed by atoms with Crippen molar-refractivity contribution in [3.05, 3.63) is 75.8 Å². The van der Waals surface area contributed by atoms with Crippen LogP contribution in [0.2, 0.25) is 0 Å². The number of carbonyl (C=O) groups is 1. The molecular formula is C17H18N2O5. The molecule has 2 aromatic carbocycles. The van der Waals surface area contributed by atoms with Gasteiger partial charge in [-0.15, -0.1) is 0 Å². The van der Waals surface area contributed by atoms with Crippen molar-refractivity contribution in [3.8, 4) is 0 Å². The van der Waals surface area contributed by atoms with Gasteiger partial charge >= 0.3 is 5.97 Å². The average Bonchev–Trinajstić information content (AvgIpc) is 2.62. The summed E-state index contributed by atoms with van der Waals surface area (Å²) in [5.74, 6) is -0.779. The molecule has 2 rings (SSSR count). The minimum Gasteiger partial charge on any atom is -0.467 e. The van der Waals surface area contributed by atoms with Gasteiger partial charge in [-0.25, -0.2) is 4.79 Å². The van der Waals surface area contributed by atoms with Gasteiger partial charge in [0.25, 0.3) is 5.69 Å². The van der Waals surface area contributed by atoms with Gasteiger partial charge in [0.2, 0.25) is 0 Å². The fraction of sp³-hybridized carbons (Fsp3) is 0.235. The van der Waals surface area contributed by atoms with Crippen LogP contribution in [-0.4, -0.2) is 29.2 Å². The maximum atomic E-state index is 11.7. The molecule has 2 unspecified atom stereocenters. The minimum atomic E-state index is -1.43. The topological polar surface area (TPSA) is 102 Å². The lowest BCUT2D eigenvalue weighted by molar-refractivity contribution is -0.384. The maximum absolute atomic E-state index is 11.7. The van der Waals surface area contributed by atoms with Gasteiger partial charge in [0.05, 0.1) is 18.1 Å². The normalized spacial score (nSPS) is 13.1. The van der Waals surface area contributed by atoms with Crippen LogP contribution in [0.3, 0.4) is 0 Å². The Bertz CT molecular complexity index is 688. The molecule has 0 aliphatic carbocycles. The molecule has 2 atom stereocenters. The number of nitrogens with one attached hydrogen (secondary N) is 1. The number of methoxy groups -OCH3 is 1. The molecule has 0 aliphatic heterocycles. The number of ether oxygens (including phenoxy) is 1. The highest BCUT2D eigenvalue weighted by atomic mass is 16.6. The lowest BCUT2D eigenvalue weighted by Gasteiger charge is -2.23. The van der Waals surface area contributed by atoms with Crippen molar-refractivity contribution in [2.45, 2.75) is 18.7 Å². The van der Waals surface area contributed by atoms with Gasteiger partial charge in [0.15, 0.2) is 6.10 Å². The molecule has 0 saturated carbocycles.